The Morgan fingerprint density at radius 3 is 2.50 bits per heavy atom. The smallest absolute Gasteiger partial charge is 0.345 e. The Kier molecular flexibility index (Phi) is 5.11. The number of aromatic amines is 1. The lowest BCUT2D eigenvalue weighted by atomic mass is 10.00. The molecule has 4 aromatic rings. The van der Waals surface area contributed by atoms with E-state index in [9.17, 15) is 18.0 Å². The van der Waals surface area contributed by atoms with Gasteiger partial charge < -0.3 is 4.98 Å². The molecule has 3 heterocycles. The summed E-state index contributed by atoms with van der Waals surface area (Å²) in [6, 6.07) is 13.8. The highest BCUT2D eigenvalue weighted by Gasteiger charge is 2.38. The molecular weight excluding hydrogens is 391 g/mol. The van der Waals surface area contributed by atoms with Crippen LogP contribution in [0.4, 0.5) is 13.2 Å². The zero-order chi connectivity index (χ0) is 21.3. The van der Waals surface area contributed by atoms with Crippen LogP contribution in [0.15, 0.2) is 60.9 Å². The highest BCUT2D eigenvalue weighted by molar-refractivity contribution is 6.16. The molecule has 0 unspecified atom stereocenters. The summed E-state index contributed by atoms with van der Waals surface area (Å²) in [5, 5.41) is 0.471. The first kappa shape index (κ1) is 19.8. The second-order valence-electron chi connectivity index (χ2n) is 7.11. The number of H-pyrrole nitrogens is 1. The van der Waals surface area contributed by atoms with Crippen LogP contribution >= 0.6 is 0 Å². The molecule has 0 spiro atoms. The summed E-state index contributed by atoms with van der Waals surface area (Å²) < 4.78 is 41.2. The molecule has 152 valence electrons. The number of fused-ring (bicyclic) bond motifs is 1. The van der Waals surface area contributed by atoms with Crippen molar-refractivity contribution in [2.45, 2.75) is 25.9 Å². The molecule has 0 fully saturated rings. The monoisotopic (exact) mass is 409 g/mol. The van der Waals surface area contributed by atoms with Crippen molar-refractivity contribution < 1.29 is 18.0 Å². The SMILES string of the molecule is Cc1ccc(CCc2ccc(C(=O)c3c[nH]c4ncccc34)c(C(F)(F)F)n2)cc1. The van der Waals surface area contributed by atoms with Gasteiger partial charge in [0.2, 0.25) is 0 Å². The third-order valence-corrected chi connectivity index (χ3v) is 4.95. The Hall–Kier alpha value is -3.48. The Bertz CT molecular complexity index is 1210. The quantitative estimate of drug-likeness (QED) is 0.455. The maximum atomic E-state index is 13.7. The number of alkyl halides is 3. The van der Waals surface area contributed by atoms with E-state index < -0.39 is 23.2 Å². The second kappa shape index (κ2) is 7.74. The highest BCUT2D eigenvalue weighted by Crippen LogP contribution is 2.33. The molecule has 0 atom stereocenters. The molecule has 1 aromatic carbocycles. The van der Waals surface area contributed by atoms with Gasteiger partial charge in [-0.15, -0.1) is 0 Å². The topological polar surface area (TPSA) is 58.6 Å². The van der Waals surface area contributed by atoms with Gasteiger partial charge in [-0.05, 0) is 49.6 Å². The van der Waals surface area contributed by atoms with Crippen LogP contribution in [0.3, 0.4) is 0 Å². The number of pyridine rings is 2. The van der Waals surface area contributed by atoms with E-state index in [0.717, 1.165) is 11.1 Å². The van der Waals surface area contributed by atoms with Gasteiger partial charge in [0.1, 0.15) is 5.65 Å². The summed E-state index contributed by atoms with van der Waals surface area (Å²) in [6.07, 6.45) is -0.914. The number of carbonyl (C=O) groups is 1. The maximum absolute atomic E-state index is 13.7. The Morgan fingerprint density at radius 1 is 1.00 bits per heavy atom. The van der Waals surface area contributed by atoms with Gasteiger partial charge in [-0.2, -0.15) is 13.2 Å². The van der Waals surface area contributed by atoms with Crippen LogP contribution in [0.5, 0.6) is 0 Å². The van der Waals surface area contributed by atoms with E-state index in [-0.39, 0.29) is 5.56 Å². The van der Waals surface area contributed by atoms with Crippen LogP contribution in [0.25, 0.3) is 11.0 Å². The van der Waals surface area contributed by atoms with E-state index in [2.05, 4.69) is 15.0 Å². The molecule has 4 rings (SSSR count). The van der Waals surface area contributed by atoms with Crippen molar-refractivity contribution in [2.24, 2.45) is 0 Å². The third-order valence-electron chi connectivity index (χ3n) is 4.95. The minimum absolute atomic E-state index is 0.137. The zero-order valence-electron chi connectivity index (χ0n) is 16.1. The summed E-state index contributed by atoms with van der Waals surface area (Å²) in [7, 11) is 0. The number of rotatable bonds is 5. The maximum Gasteiger partial charge on any atom is 0.434 e. The fourth-order valence-corrected chi connectivity index (χ4v) is 3.35. The summed E-state index contributed by atoms with van der Waals surface area (Å²) in [5.41, 5.74) is 1.38. The molecule has 0 aliphatic carbocycles. The predicted molar refractivity (Wildman–Crippen MR) is 107 cm³/mol. The zero-order valence-corrected chi connectivity index (χ0v) is 16.1. The second-order valence-corrected chi connectivity index (χ2v) is 7.11. The number of nitrogens with one attached hydrogen (secondary N) is 1. The molecule has 1 N–H and O–H groups in total. The van der Waals surface area contributed by atoms with Gasteiger partial charge in [-0.3, -0.25) is 4.79 Å². The fourth-order valence-electron chi connectivity index (χ4n) is 3.35. The average Bonchev–Trinajstić information content (AvgIpc) is 3.16. The van der Waals surface area contributed by atoms with Crippen LogP contribution in [0.2, 0.25) is 0 Å². The highest BCUT2D eigenvalue weighted by atomic mass is 19.4. The lowest BCUT2D eigenvalue weighted by Crippen LogP contribution is -2.17. The molecule has 30 heavy (non-hydrogen) atoms. The fraction of sp³-hybridized carbons (Fsp3) is 0.174. The number of hydrogen-bond acceptors (Lipinski definition) is 3. The lowest BCUT2D eigenvalue weighted by molar-refractivity contribution is -0.141. The molecule has 0 saturated carbocycles. The Balaban J connectivity index is 1.66. The Labute approximate surface area is 170 Å². The van der Waals surface area contributed by atoms with E-state index in [4.69, 9.17) is 0 Å². The van der Waals surface area contributed by atoms with Gasteiger partial charge in [0.15, 0.2) is 11.5 Å². The number of halogens is 3. The largest absolute Gasteiger partial charge is 0.434 e. The van der Waals surface area contributed by atoms with Gasteiger partial charge in [0.25, 0.3) is 0 Å². The van der Waals surface area contributed by atoms with Gasteiger partial charge >= 0.3 is 6.18 Å². The van der Waals surface area contributed by atoms with Crippen molar-refractivity contribution in [3.63, 3.8) is 0 Å². The van der Waals surface area contributed by atoms with Crippen LogP contribution in [-0.2, 0) is 19.0 Å². The van der Waals surface area contributed by atoms with Crippen molar-refractivity contribution in [1.82, 2.24) is 15.0 Å². The molecule has 7 heteroatoms. The molecule has 0 amide bonds. The van der Waals surface area contributed by atoms with E-state index >= 15 is 0 Å². The molecular formula is C23H18F3N3O. The number of nitrogens with zero attached hydrogens (tertiary/aromatic N) is 2. The average molecular weight is 409 g/mol. The van der Waals surface area contributed by atoms with Crippen molar-refractivity contribution in [1.29, 1.82) is 0 Å². The van der Waals surface area contributed by atoms with E-state index in [0.29, 0.717) is 29.6 Å². The van der Waals surface area contributed by atoms with Crippen molar-refractivity contribution in [3.8, 4) is 0 Å². The lowest BCUT2D eigenvalue weighted by Gasteiger charge is -2.13. The molecule has 3 aromatic heterocycles. The van der Waals surface area contributed by atoms with Gasteiger partial charge in [0, 0.05) is 29.0 Å². The first-order chi connectivity index (χ1) is 14.3. The molecule has 0 saturated heterocycles. The van der Waals surface area contributed by atoms with E-state index in [1.54, 1.807) is 18.3 Å². The minimum atomic E-state index is -4.74. The molecule has 0 bridgehead atoms. The normalized spacial score (nSPS) is 11.7. The number of hydrogen-bond donors (Lipinski definition) is 1. The molecule has 0 radical (unpaired) electrons. The first-order valence-electron chi connectivity index (χ1n) is 9.42. The number of carbonyl (C=O) groups excluding carboxylic acids is 1. The van der Waals surface area contributed by atoms with Gasteiger partial charge in [-0.1, -0.05) is 29.8 Å². The summed E-state index contributed by atoms with van der Waals surface area (Å²) in [6.45, 7) is 1.97. The summed E-state index contributed by atoms with van der Waals surface area (Å²) in [4.78, 5) is 23.6. The van der Waals surface area contributed by atoms with Crippen LogP contribution < -0.4 is 0 Å². The number of ketones is 1. The van der Waals surface area contributed by atoms with E-state index in [1.807, 2.05) is 31.2 Å². The van der Waals surface area contributed by atoms with Crippen molar-refractivity contribution in [3.05, 3.63) is 94.6 Å². The van der Waals surface area contributed by atoms with Crippen LogP contribution in [0, 0.1) is 6.92 Å². The third kappa shape index (κ3) is 3.96. The standard InChI is InChI=1S/C23H18F3N3O/c1-14-4-6-15(7-5-14)8-9-16-10-11-18(21(29-16)23(24,25)26)20(30)19-13-28-22-17(19)3-2-12-27-22/h2-7,10-13H,8-9H2,1H3,(H,27,28). The molecule has 4 nitrogen and oxygen atoms in total. The van der Waals surface area contributed by atoms with Crippen LogP contribution in [0.1, 0.15) is 38.4 Å². The number of aromatic nitrogens is 3. The first-order valence-corrected chi connectivity index (χ1v) is 9.42. The number of aryl methyl sites for hydroxylation is 3. The van der Waals surface area contributed by atoms with Gasteiger partial charge in [0.05, 0.1) is 5.56 Å². The van der Waals surface area contributed by atoms with E-state index in [1.165, 1.54) is 18.3 Å². The minimum Gasteiger partial charge on any atom is -0.345 e. The molecule has 0 aliphatic rings. The number of benzene rings is 1. The van der Waals surface area contributed by atoms with Gasteiger partial charge in [-0.25, -0.2) is 9.97 Å². The summed E-state index contributed by atoms with van der Waals surface area (Å²) in [5.74, 6) is -0.737. The molecule has 0 aliphatic heterocycles. The predicted octanol–water partition coefficient (Wildman–Crippen LogP) is 5.30. The van der Waals surface area contributed by atoms with Crippen LogP contribution in [-0.4, -0.2) is 20.7 Å². The van der Waals surface area contributed by atoms with Crippen molar-refractivity contribution >= 4 is 16.8 Å². The Morgan fingerprint density at radius 2 is 1.77 bits per heavy atom. The van der Waals surface area contributed by atoms with Crippen molar-refractivity contribution in [2.75, 3.05) is 0 Å². The summed E-state index contributed by atoms with van der Waals surface area (Å²) >= 11 is 0.